The lowest BCUT2D eigenvalue weighted by molar-refractivity contribution is 0.0195. The number of hydrogen-bond donors (Lipinski definition) is 1. The summed E-state index contributed by atoms with van der Waals surface area (Å²) in [5.74, 6) is 0. The summed E-state index contributed by atoms with van der Waals surface area (Å²) < 4.78 is 5.50. The van der Waals surface area contributed by atoms with Gasteiger partial charge in [-0.15, -0.1) is 0 Å². The largest absolute Gasteiger partial charge is 0.444 e. The van der Waals surface area contributed by atoms with Crippen LogP contribution in [-0.4, -0.2) is 42.3 Å². The van der Waals surface area contributed by atoms with Crippen molar-refractivity contribution in [2.45, 2.75) is 59.6 Å². The van der Waals surface area contributed by atoms with Crippen LogP contribution in [0.2, 0.25) is 0 Å². The molecule has 1 aromatic carbocycles. The number of carbonyl (C=O) groups excluding carboxylic acids is 1. The van der Waals surface area contributed by atoms with Crippen LogP contribution < -0.4 is 5.32 Å². The predicted molar refractivity (Wildman–Crippen MR) is 94.0 cm³/mol. The van der Waals surface area contributed by atoms with Gasteiger partial charge >= 0.3 is 6.09 Å². The quantitative estimate of drug-likeness (QED) is 0.909. The molecule has 1 amide bonds. The van der Waals surface area contributed by atoms with E-state index in [2.05, 4.69) is 38.2 Å². The summed E-state index contributed by atoms with van der Waals surface area (Å²) >= 11 is 0. The number of rotatable bonds is 2. The normalized spacial score (nSPS) is 18.9. The van der Waals surface area contributed by atoms with Gasteiger partial charge in [-0.25, -0.2) is 4.79 Å². The molecule has 0 radical (unpaired) electrons. The molecule has 0 saturated carbocycles. The monoisotopic (exact) mass is 318 g/mol. The Morgan fingerprint density at radius 2 is 1.87 bits per heavy atom. The van der Waals surface area contributed by atoms with Gasteiger partial charge in [-0.1, -0.05) is 17.7 Å². The van der Waals surface area contributed by atoms with Crippen molar-refractivity contribution in [3.63, 3.8) is 0 Å². The van der Waals surface area contributed by atoms with Crippen LogP contribution in [0.25, 0.3) is 0 Å². The number of nitrogens with one attached hydrogen (secondary N) is 1. The molecule has 4 heteroatoms. The third-order valence-corrected chi connectivity index (χ3v) is 4.20. The molecule has 23 heavy (non-hydrogen) atoms. The highest BCUT2D eigenvalue weighted by Crippen LogP contribution is 2.20. The number of benzene rings is 1. The molecule has 0 bridgehead atoms. The molecule has 0 unspecified atom stereocenters. The molecule has 1 N–H and O–H groups in total. The van der Waals surface area contributed by atoms with Crippen LogP contribution in [0.4, 0.5) is 4.79 Å². The fourth-order valence-corrected chi connectivity index (χ4v) is 3.23. The van der Waals surface area contributed by atoms with Crippen LogP contribution in [0.1, 0.15) is 43.0 Å². The topological polar surface area (TPSA) is 41.6 Å². The van der Waals surface area contributed by atoms with Gasteiger partial charge in [-0.05, 0) is 64.7 Å². The second-order valence-corrected chi connectivity index (χ2v) is 7.66. The van der Waals surface area contributed by atoms with Gasteiger partial charge in [0.2, 0.25) is 0 Å². The Labute approximate surface area is 140 Å². The first-order valence-electron chi connectivity index (χ1n) is 8.44. The highest BCUT2D eigenvalue weighted by Gasteiger charge is 2.27. The molecule has 4 nitrogen and oxygen atoms in total. The van der Waals surface area contributed by atoms with Gasteiger partial charge < -0.3 is 15.0 Å². The Morgan fingerprint density at radius 1 is 1.26 bits per heavy atom. The van der Waals surface area contributed by atoms with Gasteiger partial charge in [-0.3, -0.25) is 0 Å². The molecular formula is C19H30N2O2. The highest BCUT2D eigenvalue weighted by atomic mass is 16.6. The maximum Gasteiger partial charge on any atom is 0.410 e. The number of aryl methyl sites for hydroxylation is 3. The zero-order valence-electron chi connectivity index (χ0n) is 15.3. The zero-order chi connectivity index (χ0) is 17.2. The van der Waals surface area contributed by atoms with E-state index in [0.29, 0.717) is 13.1 Å². The molecule has 1 fully saturated rings. The van der Waals surface area contributed by atoms with E-state index >= 15 is 0 Å². The summed E-state index contributed by atoms with van der Waals surface area (Å²) in [6.45, 7) is 14.4. The highest BCUT2D eigenvalue weighted by molar-refractivity contribution is 5.68. The molecule has 128 valence electrons. The second-order valence-electron chi connectivity index (χ2n) is 7.66. The third-order valence-electron chi connectivity index (χ3n) is 4.20. The molecule has 1 aliphatic heterocycles. The summed E-state index contributed by atoms with van der Waals surface area (Å²) in [4.78, 5) is 14.1. The van der Waals surface area contributed by atoms with Crippen LogP contribution in [0.5, 0.6) is 0 Å². The SMILES string of the molecule is Cc1cc(C)c(C[C@H]2CN(C(=O)OC(C)(C)C)CCN2)c(C)c1. The van der Waals surface area contributed by atoms with Crippen molar-refractivity contribution in [3.05, 3.63) is 34.4 Å². The average Bonchev–Trinajstić information content (AvgIpc) is 2.41. The van der Waals surface area contributed by atoms with Crippen molar-refractivity contribution < 1.29 is 9.53 Å². The molecule has 0 aromatic heterocycles. The predicted octanol–water partition coefficient (Wildman–Crippen LogP) is 3.36. The minimum Gasteiger partial charge on any atom is -0.444 e. The number of ether oxygens (including phenoxy) is 1. The summed E-state index contributed by atoms with van der Waals surface area (Å²) in [5, 5.41) is 3.53. The van der Waals surface area contributed by atoms with Gasteiger partial charge in [0.05, 0.1) is 0 Å². The zero-order valence-corrected chi connectivity index (χ0v) is 15.3. The van der Waals surface area contributed by atoms with E-state index in [4.69, 9.17) is 4.74 Å². The lowest BCUT2D eigenvalue weighted by Crippen LogP contribution is -2.54. The fraction of sp³-hybridized carbons (Fsp3) is 0.632. The molecule has 2 rings (SSSR count). The van der Waals surface area contributed by atoms with Gasteiger partial charge in [0.25, 0.3) is 0 Å². The maximum absolute atomic E-state index is 12.3. The van der Waals surface area contributed by atoms with Crippen LogP contribution in [0.15, 0.2) is 12.1 Å². The number of carbonyl (C=O) groups is 1. The van der Waals surface area contributed by atoms with Crippen molar-refractivity contribution in [1.29, 1.82) is 0 Å². The van der Waals surface area contributed by atoms with Gasteiger partial charge in [-0.2, -0.15) is 0 Å². The van der Waals surface area contributed by atoms with Crippen molar-refractivity contribution in [2.24, 2.45) is 0 Å². The number of piperazine rings is 1. The first kappa shape index (κ1) is 17.8. The summed E-state index contributed by atoms with van der Waals surface area (Å²) in [7, 11) is 0. The number of nitrogens with zero attached hydrogens (tertiary/aromatic N) is 1. The van der Waals surface area contributed by atoms with Gasteiger partial charge in [0, 0.05) is 25.7 Å². The van der Waals surface area contributed by atoms with E-state index in [1.54, 1.807) is 0 Å². The summed E-state index contributed by atoms with van der Waals surface area (Å²) in [5.41, 5.74) is 4.91. The number of hydrogen-bond acceptors (Lipinski definition) is 3. The molecule has 1 saturated heterocycles. The van der Waals surface area contributed by atoms with E-state index in [1.807, 2.05) is 25.7 Å². The number of amides is 1. The summed E-state index contributed by atoms with van der Waals surface area (Å²) in [6.07, 6.45) is 0.735. The van der Waals surface area contributed by atoms with Crippen LogP contribution >= 0.6 is 0 Å². The van der Waals surface area contributed by atoms with Crippen molar-refractivity contribution >= 4 is 6.09 Å². The van der Waals surface area contributed by atoms with E-state index in [1.165, 1.54) is 22.3 Å². The fourth-order valence-electron chi connectivity index (χ4n) is 3.23. The first-order valence-corrected chi connectivity index (χ1v) is 8.44. The van der Waals surface area contributed by atoms with Crippen LogP contribution in [0, 0.1) is 20.8 Å². The molecule has 1 aromatic rings. The molecule has 0 spiro atoms. The second kappa shape index (κ2) is 6.91. The van der Waals surface area contributed by atoms with Crippen molar-refractivity contribution in [2.75, 3.05) is 19.6 Å². The van der Waals surface area contributed by atoms with E-state index < -0.39 is 5.60 Å². The Morgan fingerprint density at radius 3 is 2.43 bits per heavy atom. The Balaban J connectivity index is 2.03. The van der Waals surface area contributed by atoms with Crippen molar-refractivity contribution in [1.82, 2.24) is 10.2 Å². The standard InChI is InChI=1S/C19H30N2O2/c1-13-9-14(2)17(15(3)10-13)11-16-12-21(8-7-20-16)18(22)23-19(4,5)6/h9-10,16,20H,7-8,11-12H2,1-6H3/t16-/m0/s1. The maximum atomic E-state index is 12.3. The Kier molecular flexibility index (Phi) is 5.35. The smallest absolute Gasteiger partial charge is 0.410 e. The van der Waals surface area contributed by atoms with Crippen molar-refractivity contribution in [3.8, 4) is 0 Å². The Hall–Kier alpha value is -1.55. The average molecular weight is 318 g/mol. The molecule has 1 heterocycles. The van der Waals surface area contributed by atoms with Crippen LogP contribution in [-0.2, 0) is 11.2 Å². The lowest BCUT2D eigenvalue weighted by atomic mass is 9.94. The first-order chi connectivity index (χ1) is 10.7. The molecular weight excluding hydrogens is 288 g/mol. The van der Waals surface area contributed by atoms with Gasteiger partial charge in [0.15, 0.2) is 0 Å². The van der Waals surface area contributed by atoms with E-state index in [-0.39, 0.29) is 12.1 Å². The van der Waals surface area contributed by atoms with E-state index in [9.17, 15) is 4.79 Å². The minimum absolute atomic E-state index is 0.207. The lowest BCUT2D eigenvalue weighted by Gasteiger charge is -2.35. The van der Waals surface area contributed by atoms with Gasteiger partial charge in [0.1, 0.15) is 5.60 Å². The summed E-state index contributed by atoms with van der Waals surface area (Å²) in [6, 6.07) is 4.74. The molecule has 1 aliphatic rings. The van der Waals surface area contributed by atoms with Crippen LogP contribution in [0.3, 0.4) is 0 Å². The molecule has 0 aliphatic carbocycles. The molecule has 1 atom stereocenters. The minimum atomic E-state index is -0.443. The Bertz CT molecular complexity index is 552. The van der Waals surface area contributed by atoms with E-state index in [0.717, 1.165) is 13.0 Å². The third kappa shape index (κ3) is 4.96.